The Kier molecular flexibility index (Phi) is 6.00. The Hall–Kier alpha value is -1.82. The van der Waals surface area contributed by atoms with Crippen LogP contribution in [0, 0.1) is 0 Å². The van der Waals surface area contributed by atoms with Crippen molar-refractivity contribution >= 4 is 11.8 Å². The van der Waals surface area contributed by atoms with E-state index in [1.165, 1.54) is 0 Å². The second-order valence-corrected chi connectivity index (χ2v) is 5.89. The van der Waals surface area contributed by atoms with Crippen molar-refractivity contribution in [2.75, 3.05) is 46.8 Å². The molecule has 2 rings (SSSR count). The lowest BCUT2D eigenvalue weighted by Gasteiger charge is -2.35. The molecule has 1 aromatic heterocycles. The van der Waals surface area contributed by atoms with Crippen LogP contribution in [0.3, 0.4) is 0 Å². The van der Waals surface area contributed by atoms with Crippen LogP contribution in [0.15, 0.2) is 22.8 Å². The number of carbonyl (C=O) groups excluding carboxylic acids is 2. The smallest absolute Gasteiger partial charge is 0.223 e. The molecule has 0 atom stereocenters. The van der Waals surface area contributed by atoms with Gasteiger partial charge in [0, 0.05) is 52.0 Å². The lowest BCUT2D eigenvalue weighted by molar-refractivity contribution is -0.139. The maximum Gasteiger partial charge on any atom is 0.223 e. The highest BCUT2D eigenvalue weighted by molar-refractivity contribution is 5.78. The number of nitrogens with zero attached hydrogens (tertiary/aromatic N) is 3. The number of aryl methyl sites for hydroxylation is 1. The van der Waals surface area contributed by atoms with Gasteiger partial charge in [-0.25, -0.2) is 0 Å². The van der Waals surface area contributed by atoms with Gasteiger partial charge in [-0.05, 0) is 26.2 Å². The number of furan rings is 1. The van der Waals surface area contributed by atoms with Crippen molar-refractivity contribution in [1.29, 1.82) is 0 Å². The normalized spacial score (nSPS) is 15.4. The molecule has 1 aliphatic heterocycles. The SMILES string of the molecule is CN(C)CCC(=O)N1CCN(C(=O)CCc2ccco2)CC1. The quantitative estimate of drug-likeness (QED) is 0.781. The van der Waals surface area contributed by atoms with Gasteiger partial charge in [0.15, 0.2) is 0 Å². The van der Waals surface area contributed by atoms with Crippen LogP contribution in [0.4, 0.5) is 0 Å². The second-order valence-electron chi connectivity index (χ2n) is 5.89. The van der Waals surface area contributed by atoms with Gasteiger partial charge in [-0.15, -0.1) is 0 Å². The highest BCUT2D eigenvalue weighted by Crippen LogP contribution is 2.09. The third kappa shape index (κ3) is 4.87. The summed E-state index contributed by atoms with van der Waals surface area (Å²) >= 11 is 0. The maximum absolute atomic E-state index is 12.2. The van der Waals surface area contributed by atoms with E-state index in [4.69, 9.17) is 4.42 Å². The Morgan fingerprint density at radius 2 is 1.68 bits per heavy atom. The number of carbonyl (C=O) groups is 2. The molecule has 0 aliphatic carbocycles. The van der Waals surface area contributed by atoms with Crippen molar-refractivity contribution in [3.63, 3.8) is 0 Å². The molecule has 0 saturated carbocycles. The first kappa shape index (κ1) is 16.5. The second kappa shape index (κ2) is 7.98. The first-order valence-electron chi connectivity index (χ1n) is 7.79. The maximum atomic E-state index is 12.2. The third-order valence-electron chi connectivity index (χ3n) is 3.92. The molecule has 22 heavy (non-hydrogen) atoms. The van der Waals surface area contributed by atoms with Crippen molar-refractivity contribution in [2.45, 2.75) is 19.3 Å². The van der Waals surface area contributed by atoms with E-state index in [0.717, 1.165) is 12.3 Å². The van der Waals surface area contributed by atoms with Crippen LogP contribution in [0.25, 0.3) is 0 Å². The predicted molar refractivity (Wildman–Crippen MR) is 83.4 cm³/mol. The summed E-state index contributed by atoms with van der Waals surface area (Å²) < 4.78 is 5.24. The van der Waals surface area contributed by atoms with Crippen LogP contribution in [-0.4, -0.2) is 73.3 Å². The standard InChI is InChI=1S/C16H25N3O3/c1-17(2)8-7-16(21)19-11-9-18(10-12-19)15(20)6-5-14-4-3-13-22-14/h3-4,13H,5-12H2,1-2H3. The summed E-state index contributed by atoms with van der Waals surface area (Å²) in [5.41, 5.74) is 0. The molecule has 2 amide bonds. The molecule has 0 aromatic carbocycles. The van der Waals surface area contributed by atoms with Gasteiger partial charge in [-0.1, -0.05) is 0 Å². The van der Waals surface area contributed by atoms with Crippen LogP contribution in [0.1, 0.15) is 18.6 Å². The number of rotatable bonds is 6. The zero-order valence-corrected chi connectivity index (χ0v) is 13.5. The van der Waals surface area contributed by atoms with E-state index in [-0.39, 0.29) is 11.8 Å². The highest BCUT2D eigenvalue weighted by Gasteiger charge is 2.23. The van der Waals surface area contributed by atoms with Crippen molar-refractivity contribution in [3.8, 4) is 0 Å². The molecule has 1 saturated heterocycles. The van der Waals surface area contributed by atoms with Gasteiger partial charge < -0.3 is 19.1 Å². The van der Waals surface area contributed by atoms with Gasteiger partial charge in [0.25, 0.3) is 0 Å². The monoisotopic (exact) mass is 307 g/mol. The highest BCUT2D eigenvalue weighted by atomic mass is 16.3. The van der Waals surface area contributed by atoms with Crippen LogP contribution >= 0.6 is 0 Å². The van der Waals surface area contributed by atoms with Gasteiger partial charge in [-0.2, -0.15) is 0 Å². The summed E-state index contributed by atoms with van der Waals surface area (Å²) in [5.74, 6) is 1.15. The lowest BCUT2D eigenvalue weighted by atomic mass is 10.2. The van der Waals surface area contributed by atoms with Gasteiger partial charge in [0.05, 0.1) is 6.26 Å². The Morgan fingerprint density at radius 1 is 1.09 bits per heavy atom. The summed E-state index contributed by atoms with van der Waals surface area (Å²) in [7, 11) is 3.92. The Balaban J connectivity index is 1.69. The number of amides is 2. The Morgan fingerprint density at radius 3 is 2.18 bits per heavy atom. The topological polar surface area (TPSA) is 57.0 Å². The average molecular weight is 307 g/mol. The molecule has 1 aromatic rings. The van der Waals surface area contributed by atoms with Crippen molar-refractivity contribution in [3.05, 3.63) is 24.2 Å². The molecule has 122 valence electrons. The molecule has 2 heterocycles. The fraction of sp³-hybridized carbons (Fsp3) is 0.625. The van der Waals surface area contributed by atoms with Crippen LogP contribution in [0.5, 0.6) is 0 Å². The molecule has 1 fully saturated rings. The van der Waals surface area contributed by atoms with E-state index in [1.54, 1.807) is 6.26 Å². The molecular weight excluding hydrogens is 282 g/mol. The van der Waals surface area contributed by atoms with Crippen LogP contribution < -0.4 is 0 Å². The minimum atomic E-state index is 0.136. The summed E-state index contributed by atoms with van der Waals surface area (Å²) in [6, 6.07) is 3.71. The Bertz CT molecular complexity index is 477. The van der Waals surface area contributed by atoms with E-state index in [0.29, 0.717) is 45.4 Å². The molecular formula is C16H25N3O3. The van der Waals surface area contributed by atoms with E-state index in [1.807, 2.05) is 40.9 Å². The van der Waals surface area contributed by atoms with Crippen molar-refractivity contribution in [1.82, 2.24) is 14.7 Å². The summed E-state index contributed by atoms with van der Waals surface area (Å²) in [5, 5.41) is 0. The molecule has 0 bridgehead atoms. The van der Waals surface area contributed by atoms with Gasteiger partial charge in [0.2, 0.25) is 11.8 Å². The van der Waals surface area contributed by atoms with Gasteiger partial charge in [-0.3, -0.25) is 9.59 Å². The fourth-order valence-electron chi connectivity index (χ4n) is 2.53. The number of hydrogen-bond acceptors (Lipinski definition) is 4. The molecule has 0 spiro atoms. The zero-order chi connectivity index (χ0) is 15.9. The minimum Gasteiger partial charge on any atom is -0.469 e. The first-order valence-corrected chi connectivity index (χ1v) is 7.79. The van der Waals surface area contributed by atoms with Crippen molar-refractivity contribution < 1.29 is 14.0 Å². The lowest BCUT2D eigenvalue weighted by Crippen LogP contribution is -2.51. The number of hydrogen-bond donors (Lipinski definition) is 0. The summed E-state index contributed by atoms with van der Waals surface area (Å²) in [4.78, 5) is 29.9. The van der Waals surface area contributed by atoms with Gasteiger partial charge >= 0.3 is 0 Å². The Labute approximate surface area is 131 Å². The molecule has 6 nitrogen and oxygen atoms in total. The van der Waals surface area contributed by atoms with Crippen molar-refractivity contribution in [2.24, 2.45) is 0 Å². The van der Waals surface area contributed by atoms with E-state index >= 15 is 0 Å². The third-order valence-corrected chi connectivity index (χ3v) is 3.92. The fourth-order valence-corrected chi connectivity index (χ4v) is 2.53. The van der Waals surface area contributed by atoms with Crippen LogP contribution in [0.2, 0.25) is 0 Å². The average Bonchev–Trinajstić information content (AvgIpc) is 3.03. The largest absolute Gasteiger partial charge is 0.469 e. The molecule has 6 heteroatoms. The van der Waals surface area contributed by atoms with Crippen LogP contribution in [-0.2, 0) is 16.0 Å². The van der Waals surface area contributed by atoms with Gasteiger partial charge in [0.1, 0.15) is 5.76 Å². The van der Waals surface area contributed by atoms with E-state index in [9.17, 15) is 9.59 Å². The number of piperazine rings is 1. The summed E-state index contributed by atoms with van der Waals surface area (Å²) in [6.07, 6.45) is 3.26. The summed E-state index contributed by atoms with van der Waals surface area (Å²) in [6.45, 7) is 3.30. The molecule has 1 aliphatic rings. The van der Waals surface area contributed by atoms with E-state index < -0.39 is 0 Å². The van der Waals surface area contributed by atoms with E-state index in [2.05, 4.69) is 0 Å². The predicted octanol–water partition coefficient (Wildman–Crippen LogP) is 0.835. The molecule has 0 unspecified atom stereocenters. The molecule has 0 radical (unpaired) electrons. The molecule has 0 N–H and O–H groups in total. The minimum absolute atomic E-state index is 0.136. The first-order chi connectivity index (χ1) is 10.6. The zero-order valence-electron chi connectivity index (χ0n) is 13.5.